The maximum atomic E-state index is 4.26. The van der Waals surface area contributed by atoms with Crippen LogP contribution >= 0.6 is 0 Å². The van der Waals surface area contributed by atoms with E-state index in [2.05, 4.69) is 54.6 Å². The smallest absolute Gasteiger partial charge is 0.0553 e. The zero-order valence-electron chi connectivity index (χ0n) is 11.4. The quantitative estimate of drug-likeness (QED) is 0.875. The largest absolute Gasteiger partial charge is 0.309 e. The van der Waals surface area contributed by atoms with E-state index in [1.54, 1.807) is 0 Å². The number of nitrogens with zero attached hydrogens (tertiary/aromatic N) is 2. The number of hydrogen-bond donors (Lipinski definition) is 1. The number of hydrogen-bond acceptors (Lipinski definition) is 2. The van der Waals surface area contributed by atoms with Crippen LogP contribution in [-0.2, 0) is 13.5 Å². The van der Waals surface area contributed by atoms with E-state index >= 15 is 0 Å². The van der Waals surface area contributed by atoms with Gasteiger partial charge in [-0.3, -0.25) is 4.68 Å². The van der Waals surface area contributed by atoms with Gasteiger partial charge in [0.2, 0.25) is 0 Å². The summed E-state index contributed by atoms with van der Waals surface area (Å²) in [7, 11) is 2.00. The minimum Gasteiger partial charge on any atom is -0.309 e. The highest BCUT2D eigenvalue weighted by molar-refractivity contribution is 5.24. The van der Waals surface area contributed by atoms with Gasteiger partial charge in [-0.25, -0.2) is 0 Å². The lowest BCUT2D eigenvalue weighted by Crippen LogP contribution is -2.25. The molecule has 2 rings (SSSR count). The SMILES string of the molecule is CCNC(Cc1cccc(C)c1)c1ccnn1C. The summed E-state index contributed by atoms with van der Waals surface area (Å²) in [5.41, 5.74) is 3.91. The molecule has 0 bridgehead atoms. The van der Waals surface area contributed by atoms with Crippen molar-refractivity contribution in [2.24, 2.45) is 7.05 Å². The monoisotopic (exact) mass is 243 g/mol. The molecule has 1 N–H and O–H groups in total. The average molecular weight is 243 g/mol. The highest BCUT2D eigenvalue weighted by Crippen LogP contribution is 2.18. The molecule has 2 aromatic rings. The molecule has 1 aromatic heterocycles. The Hall–Kier alpha value is -1.61. The highest BCUT2D eigenvalue weighted by atomic mass is 15.3. The molecule has 1 atom stereocenters. The Morgan fingerprint density at radius 3 is 2.78 bits per heavy atom. The summed E-state index contributed by atoms with van der Waals surface area (Å²) in [6.45, 7) is 5.23. The zero-order chi connectivity index (χ0) is 13.0. The molecular weight excluding hydrogens is 222 g/mol. The van der Waals surface area contributed by atoms with Gasteiger partial charge in [-0.05, 0) is 31.5 Å². The fraction of sp³-hybridized carbons (Fsp3) is 0.400. The maximum absolute atomic E-state index is 4.26. The predicted octanol–water partition coefficient (Wildman–Crippen LogP) is 2.62. The lowest BCUT2D eigenvalue weighted by atomic mass is 10.0. The van der Waals surface area contributed by atoms with E-state index < -0.39 is 0 Å². The van der Waals surface area contributed by atoms with Gasteiger partial charge in [-0.2, -0.15) is 5.10 Å². The molecule has 3 nitrogen and oxygen atoms in total. The van der Waals surface area contributed by atoms with Gasteiger partial charge in [-0.1, -0.05) is 36.8 Å². The first kappa shape index (κ1) is 12.8. The number of likely N-dealkylation sites (N-methyl/N-ethyl adjacent to an activating group) is 1. The van der Waals surface area contributed by atoms with Crippen LogP contribution in [0.4, 0.5) is 0 Å². The van der Waals surface area contributed by atoms with E-state index in [4.69, 9.17) is 0 Å². The first-order chi connectivity index (χ1) is 8.70. The first-order valence-electron chi connectivity index (χ1n) is 6.47. The molecule has 0 aliphatic heterocycles. The summed E-state index contributed by atoms with van der Waals surface area (Å²) >= 11 is 0. The fourth-order valence-corrected chi connectivity index (χ4v) is 2.33. The molecule has 1 unspecified atom stereocenters. The molecule has 0 saturated carbocycles. The Morgan fingerprint density at radius 1 is 1.33 bits per heavy atom. The highest BCUT2D eigenvalue weighted by Gasteiger charge is 2.14. The second-order valence-electron chi connectivity index (χ2n) is 4.68. The van der Waals surface area contributed by atoms with E-state index in [0.29, 0.717) is 6.04 Å². The third kappa shape index (κ3) is 2.99. The second-order valence-corrected chi connectivity index (χ2v) is 4.68. The van der Waals surface area contributed by atoms with Gasteiger partial charge in [0.1, 0.15) is 0 Å². The van der Waals surface area contributed by atoms with Crippen LogP contribution in [0.15, 0.2) is 36.5 Å². The third-order valence-electron chi connectivity index (χ3n) is 3.19. The summed E-state index contributed by atoms with van der Waals surface area (Å²) in [6, 6.07) is 11.1. The molecule has 0 saturated heterocycles. The van der Waals surface area contributed by atoms with Crippen molar-refractivity contribution in [3.05, 3.63) is 53.3 Å². The minimum atomic E-state index is 0.323. The fourth-order valence-electron chi connectivity index (χ4n) is 2.33. The number of benzene rings is 1. The number of nitrogens with one attached hydrogen (secondary N) is 1. The molecule has 3 heteroatoms. The Morgan fingerprint density at radius 2 is 2.17 bits per heavy atom. The van der Waals surface area contributed by atoms with Gasteiger partial charge in [-0.15, -0.1) is 0 Å². The maximum Gasteiger partial charge on any atom is 0.0553 e. The van der Waals surface area contributed by atoms with E-state index in [-0.39, 0.29) is 0 Å². The van der Waals surface area contributed by atoms with Crippen LogP contribution in [0.1, 0.15) is 29.8 Å². The van der Waals surface area contributed by atoms with Crippen LogP contribution in [0.3, 0.4) is 0 Å². The molecule has 1 heterocycles. The molecule has 96 valence electrons. The van der Waals surface area contributed by atoms with Crippen molar-refractivity contribution < 1.29 is 0 Å². The number of aryl methyl sites for hydroxylation is 2. The zero-order valence-corrected chi connectivity index (χ0v) is 11.4. The van der Waals surface area contributed by atoms with Crippen LogP contribution < -0.4 is 5.32 Å². The van der Waals surface area contributed by atoms with Gasteiger partial charge in [0.25, 0.3) is 0 Å². The lowest BCUT2D eigenvalue weighted by molar-refractivity contribution is 0.508. The minimum absolute atomic E-state index is 0.323. The van der Waals surface area contributed by atoms with Crippen LogP contribution in [-0.4, -0.2) is 16.3 Å². The molecule has 0 fully saturated rings. The number of aromatic nitrogens is 2. The van der Waals surface area contributed by atoms with Crippen LogP contribution in [0.25, 0.3) is 0 Å². The van der Waals surface area contributed by atoms with Gasteiger partial charge in [0.15, 0.2) is 0 Å². The average Bonchev–Trinajstić information content (AvgIpc) is 2.75. The second kappa shape index (κ2) is 5.83. The van der Waals surface area contributed by atoms with Crippen LogP contribution in [0.2, 0.25) is 0 Å². The summed E-state index contributed by atoms with van der Waals surface area (Å²) in [5, 5.41) is 7.79. The summed E-state index contributed by atoms with van der Waals surface area (Å²) in [5.74, 6) is 0. The van der Waals surface area contributed by atoms with Crippen molar-refractivity contribution in [2.75, 3.05) is 6.54 Å². The van der Waals surface area contributed by atoms with Crippen molar-refractivity contribution in [3.8, 4) is 0 Å². The Bertz CT molecular complexity index is 502. The molecule has 18 heavy (non-hydrogen) atoms. The molecule has 0 radical (unpaired) electrons. The summed E-state index contributed by atoms with van der Waals surface area (Å²) in [4.78, 5) is 0. The molecular formula is C15H21N3. The van der Waals surface area contributed by atoms with Crippen molar-refractivity contribution in [1.29, 1.82) is 0 Å². The third-order valence-corrected chi connectivity index (χ3v) is 3.19. The van der Waals surface area contributed by atoms with E-state index in [9.17, 15) is 0 Å². The van der Waals surface area contributed by atoms with Crippen molar-refractivity contribution in [3.63, 3.8) is 0 Å². The number of rotatable bonds is 5. The Kier molecular flexibility index (Phi) is 4.15. The van der Waals surface area contributed by atoms with E-state index in [1.165, 1.54) is 16.8 Å². The first-order valence-corrected chi connectivity index (χ1v) is 6.47. The van der Waals surface area contributed by atoms with E-state index in [1.807, 2.05) is 17.9 Å². The van der Waals surface area contributed by atoms with E-state index in [0.717, 1.165) is 13.0 Å². The van der Waals surface area contributed by atoms with Crippen LogP contribution in [0, 0.1) is 6.92 Å². The summed E-state index contributed by atoms with van der Waals surface area (Å²) in [6.07, 6.45) is 2.85. The van der Waals surface area contributed by atoms with Gasteiger partial charge in [0.05, 0.1) is 11.7 Å². The van der Waals surface area contributed by atoms with Crippen LogP contribution in [0.5, 0.6) is 0 Å². The molecule has 0 aliphatic carbocycles. The lowest BCUT2D eigenvalue weighted by Gasteiger charge is -2.18. The van der Waals surface area contributed by atoms with Crippen molar-refractivity contribution in [2.45, 2.75) is 26.3 Å². The standard InChI is InChI=1S/C15H21N3/c1-4-16-14(15-8-9-17-18(15)3)11-13-7-5-6-12(2)10-13/h5-10,14,16H,4,11H2,1-3H3. The van der Waals surface area contributed by atoms with Gasteiger partial charge >= 0.3 is 0 Å². The molecule has 0 aliphatic rings. The molecule has 0 spiro atoms. The summed E-state index contributed by atoms with van der Waals surface area (Å²) < 4.78 is 1.95. The topological polar surface area (TPSA) is 29.9 Å². The Balaban J connectivity index is 2.19. The predicted molar refractivity (Wildman–Crippen MR) is 74.5 cm³/mol. The molecule has 0 amide bonds. The van der Waals surface area contributed by atoms with Crippen molar-refractivity contribution in [1.82, 2.24) is 15.1 Å². The normalized spacial score (nSPS) is 12.6. The molecule has 1 aromatic carbocycles. The van der Waals surface area contributed by atoms with Gasteiger partial charge in [0, 0.05) is 13.2 Å². The van der Waals surface area contributed by atoms with Crippen molar-refractivity contribution >= 4 is 0 Å². The Labute approximate surface area is 109 Å². The van der Waals surface area contributed by atoms with Gasteiger partial charge < -0.3 is 5.32 Å².